The van der Waals surface area contributed by atoms with Gasteiger partial charge in [0.15, 0.2) is 0 Å². The van der Waals surface area contributed by atoms with Crippen molar-refractivity contribution < 1.29 is 13.5 Å². The average molecular weight is 389 g/mol. The Bertz CT molecular complexity index is 981. The van der Waals surface area contributed by atoms with E-state index in [0.717, 1.165) is 24.3 Å². The van der Waals surface area contributed by atoms with E-state index in [1.807, 2.05) is 36.7 Å². The van der Waals surface area contributed by atoms with Gasteiger partial charge in [-0.15, -0.1) is 12.6 Å². The Morgan fingerprint density at radius 2 is 2.00 bits per heavy atom. The minimum absolute atomic E-state index is 0.0565. The van der Waals surface area contributed by atoms with Crippen LogP contribution in [0.25, 0.3) is 16.9 Å². The molecule has 4 nitrogen and oxygen atoms in total. The maximum absolute atomic E-state index is 14.6. The van der Waals surface area contributed by atoms with Gasteiger partial charge in [0.05, 0.1) is 29.7 Å². The smallest absolute Gasteiger partial charge is 0.137 e. The minimum atomic E-state index is -0.664. The number of pyridine rings is 1. The second-order valence-corrected chi connectivity index (χ2v) is 7.60. The lowest BCUT2D eigenvalue weighted by atomic mass is 10.0. The number of fused-ring (bicyclic) bond motifs is 1. The quantitative estimate of drug-likeness (QED) is 0.692. The lowest BCUT2D eigenvalue weighted by Gasteiger charge is -2.30. The first-order valence-electron chi connectivity index (χ1n) is 8.88. The first-order valence-corrected chi connectivity index (χ1v) is 9.33. The van der Waals surface area contributed by atoms with E-state index in [9.17, 15) is 8.78 Å². The molecule has 3 aromatic rings. The Morgan fingerprint density at radius 1 is 1.26 bits per heavy atom. The van der Waals surface area contributed by atoms with Crippen LogP contribution in [0.3, 0.4) is 0 Å². The van der Waals surface area contributed by atoms with Crippen molar-refractivity contribution in [3.05, 3.63) is 53.4 Å². The molecule has 0 N–H and O–H groups in total. The maximum atomic E-state index is 14.6. The van der Waals surface area contributed by atoms with E-state index in [0.29, 0.717) is 24.4 Å². The highest BCUT2D eigenvalue weighted by molar-refractivity contribution is 7.80. The minimum Gasteiger partial charge on any atom is -0.375 e. The summed E-state index contributed by atoms with van der Waals surface area (Å²) in [5.41, 5.74) is 2.65. The summed E-state index contributed by atoms with van der Waals surface area (Å²) in [4.78, 5) is 7.00. The second-order valence-electron chi connectivity index (χ2n) is 7.08. The van der Waals surface area contributed by atoms with Gasteiger partial charge in [-0.3, -0.25) is 0 Å². The molecule has 1 saturated heterocycles. The number of aromatic nitrogens is 2. The van der Waals surface area contributed by atoms with Crippen molar-refractivity contribution in [2.75, 3.05) is 26.7 Å². The van der Waals surface area contributed by atoms with Crippen molar-refractivity contribution in [1.29, 1.82) is 0 Å². The zero-order chi connectivity index (χ0) is 19.1. The largest absolute Gasteiger partial charge is 0.375 e. The van der Waals surface area contributed by atoms with E-state index in [4.69, 9.17) is 4.74 Å². The zero-order valence-corrected chi connectivity index (χ0v) is 16.1. The van der Waals surface area contributed by atoms with Crippen LogP contribution in [-0.4, -0.2) is 47.1 Å². The number of hydrogen-bond acceptors (Lipinski definition) is 4. The highest BCUT2D eigenvalue weighted by Gasteiger charge is 2.26. The van der Waals surface area contributed by atoms with Gasteiger partial charge in [-0.05, 0) is 43.8 Å². The van der Waals surface area contributed by atoms with Crippen LogP contribution in [0.1, 0.15) is 11.3 Å². The van der Waals surface area contributed by atoms with Gasteiger partial charge in [0.1, 0.15) is 17.3 Å². The number of morpholine rings is 1. The molecule has 0 saturated carbocycles. The molecule has 0 spiro atoms. The van der Waals surface area contributed by atoms with Crippen LogP contribution < -0.4 is 0 Å². The molecule has 1 aromatic carbocycles. The number of rotatable bonds is 3. The first kappa shape index (κ1) is 18.4. The van der Waals surface area contributed by atoms with Gasteiger partial charge in [0.2, 0.25) is 0 Å². The van der Waals surface area contributed by atoms with E-state index in [-0.39, 0.29) is 16.6 Å². The topological polar surface area (TPSA) is 29.8 Å². The fourth-order valence-corrected chi connectivity index (χ4v) is 3.81. The summed E-state index contributed by atoms with van der Waals surface area (Å²) in [6.07, 6.45) is 2.36. The van der Waals surface area contributed by atoms with Gasteiger partial charge in [-0.1, -0.05) is 0 Å². The molecule has 4 rings (SSSR count). The number of imidazole rings is 1. The Labute approximate surface area is 162 Å². The number of nitrogens with zero attached hydrogens (tertiary/aromatic N) is 3. The second kappa shape index (κ2) is 7.22. The molecule has 142 valence electrons. The van der Waals surface area contributed by atoms with Crippen molar-refractivity contribution in [3.63, 3.8) is 0 Å². The van der Waals surface area contributed by atoms with Crippen LogP contribution >= 0.6 is 12.6 Å². The summed E-state index contributed by atoms with van der Waals surface area (Å²) in [5.74, 6) is -1.33. The Balaban J connectivity index is 1.87. The SMILES string of the molecule is Cc1ccn2c(CC3CN(C)CCO3)c(-c3c(F)cc(S)cc3F)nc2c1. The molecular weight excluding hydrogens is 368 g/mol. The van der Waals surface area contributed by atoms with Crippen molar-refractivity contribution in [2.24, 2.45) is 0 Å². The Morgan fingerprint density at radius 3 is 2.70 bits per heavy atom. The fraction of sp³-hybridized carbons (Fsp3) is 0.350. The standard InChI is InChI=1S/C20H21F2N3OS/c1-12-3-4-25-17(8-13-11-24(2)5-6-26-13)20(23-18(25)7-12)19-15(21)9-14(27)10-16(19)22/h3-4,7,9-10,13,27H,5-6,8,11H2,1-2H3. The monoisotopic (exact) mass is 389 g/mol. The Kier molecular flexibility index (Phi) is 4.92. The van der Waals surface area contributed by atoms with Gasteiger partial charge < -0.3 is 14.0 Å². The Hall–Kier alpha value is -1.96. The van der Waals surface area contributed by atoms with E-state index in [1.54, 1.807) is 0 Å². The zero-order valence-electron chi connectivity index (χ0n) is 15.2. The van der Waals surface area contributed by atoms with Crippen LogP contribution in [0.2, 0.25) is 0 Å². The highest BCUT2D eigenvalue weighted by atomic mass is 32.1. The van der Waals surface area contributed by atoms with Crippen molar-refractivity contribution >= 4 is 18.3 Å². The number of hydrogen-bond donors (Lipinski definition) is 1. The molecule has 1 fully saturated rings. The number of halogens is 2. The third kappa shape index (κ3) is 3.59. The molecule has 7 heteroatoms. The molecule has 27 heavy (non-hydrogen) atoms. The van der Waals surface area contributed by atoms with E-state index in [1.165, 1.54) is 12.1 Å². The maximum Gasteiger partial charge on any atom is 0.137 e. The average Bonchev–Trinajstić information content (AvgIpc) is 2.91. The van der Waals surface area contributed by atoms with E-state index < -0.39 is 11.6 Å². The van der Waals surface area contributed by atoms with Crippen molar-refractivity contribution in [1.82, 2.24) is 14.3 Å². The van der Waals surface area contributed by atoms with Crippen LogP contribution in [0.5, 0.6) is 0 Å². The van der Waals surface area contributed by atoms with Gasteiger partial charge in [0, 0.05) is 30.6 Å². The number of ether oxygens (including phenoxy) is 1. The fourth-order valence-electron chi connectivity index (χ4n) is 3.58. The van der Waals surface area contributed by atoms with Crippen LogP contribution in [0.4, 0.5) is 8.78 Å². The first-order chi connectivity index (χ1) is 12.9. The summed E-state index contributed by atoms with van der Waals surface area (Å²) >= 11 is 4.06. The summed E-state index contributed by atoms with van der Waals surface area (Å²) < 4.78 is 37.1. The molecule has 0 amide bonds. The molecule has 1 unspecified atom stereocenters. The summed E-state index contributed by atoms with van der Waals surface area (Å²) in [6.45, 7) is 4.24. The van der Waals surface area contributed by atoms with Crippen LogP contribution in [0.15, 0.2) is 35.4 Å². The van der Waals surface area contributed by atoms with Gasteiger partial charge in [-0.2, -0.15) is 0 Å². The number of aryl methyl sites for hydroxylation is 1. The molecule has 0 radical (unpaired) electrons. The summed E-state index contributed by atoms with van der Waals surface area (Å²) in [6, 6.07) is 6.29. The molecule has 1 aliphatic rings. The molecular formula is C20H21F2N3OS. The highest BCUT2D eigenvalue weighted by Crippen LogP contribution is 2.32. The van der Waals surface area contributed by atoms with Gasteiger partial charge in [0.25, 0.3) is 0 Å². The van der Waals surface area contributed by atoms with Gasteiger partial charge in [-0.25, -0.2) is 13.8 Å². The number of benzene rings is 1. The predicted octanol–water partition coefficient (Wildman–Crippen LogP) is 3.75. The molecule has 3 heterocycles. The van der Waals surface area contributed by atoms with Crippen LogP contribution in [-0.2, 0) is 11.2 Å². The molecule has 0 bridgehead atoms. The lowest BCUT2D eigenvalue weighted by Crippen LogP contribution is -2.41. The number of likely N-dealkylation sites (N-methyl/N-ethyl adjacent to an activating group) is 1. The lowest BCUT2D eigenvalue weighted by molar-refractivity contribution is -0.0190. The molecule has 1 atom stereocenters. The van der Waals surface area contributed by atoms with E-state index >= 15 is 0 Å². The molecule has 2 aromatic heterocycles. The molecule has 1 aliphatic heterocycles. The third-order valence-electron chi connectivity index (χ3n) is 4.91. The third-order valence-corrected chi connectivity index (χ3v) is 5.17. The van der Waals surface area contributed by atoms with E-state index in [2.05, 4.69) is 22.5 Å². The predicted molar refractivity (Wildman–Crippen MR) is 103 cm³/mol. The van der Waals surface area contributed by atoms with Crippen molar-refractivity contribution in [2.45, 2.75) is 24.3 Å². The van der Waals surface area contributed by atoms with Gasteiger partial charge >= 0.3 is 0 Å². The normalized spacial score (nSPS) is 18.3. The number of thiol groups is 1. The molecule has 0 aliphatic carbocycles. The van der Waals surface area contributed by atoms with Crippen molar-refractivity contribution in [3.8, 4) is 11.3 Å². The summed E-state index contributed by atoms with van der Waals surface area (Å²) in [5, 5.41) is 0. The van der Waals surface area contributed by atoms with Crippen LogP contribution in [0, 0.1) is 18.6 Å². The summed E-state index contributed by atoms with van der Waals surface area (Å²) in [7, 11) is 2.04.